The van der Waals surface area contributed by atoms with E-state index in [-0.39, 0.29) is 6.10 Å². The molecule has 0 unspecified atom stereocenters. The Bertz CT molecular complexity index is 623. The average Bonchev–Trinajstić information content (AvgIpc) is 2.71. The minimum atomic E-state index is 0.0230. The lowest BCUT2D eigenvalue weighted by Gasteiger charge is -2.18. The summed E-state index contributed by atoms with van der Waals surface area (Å²) in [6.45, 7) is 3.94. The van der Waals surface area contributed by atoms with Gasteiger partial charge in [0.05, 0.1) is 19.4 Å². The molecule has 5 nitrogen and oxygen atoms in total. The molecular weight excluding hydrogens is 322 g/mol. The summed E-state index contributed by atoms with van der Waals surface area (Å²) < 4.78 is 13.8. The van der Waals surface area contributed by atoms with Gasteiger partial charge >= 0.3 is 0 Å². The van der Waals surface area contributed by atoms with E-state index in [2.05, 4.69) is 21.0 Å². The van der Waals surface area contributed by atoms with E-state index < -0.39 is 0 Å². The Morgan fingerprint density at radius 3 is 2.55 bits per heavy atom. The summed E-state index contributed by atoms with van der Waals surface area (Å²) in [5.74, 6) is 1.91. The number of anilines is 1. The Morgan fingerprint density at radius 2 is 2.05 bits per heavy atom. The average molecular weight is 340 g/mol. The van der Waals surface area contributed by atoms with Crippen LogP contribution in [0, 0.1) is 0 Å². The quantitative estimate of drug-likeness (QED) is 0.928. The van der Waals surface area contributed by atoms with E-state index in [1.54, 1.807) is 25.0 Å². The van der Waals surface area contributed by atoms with Gasteiger partial charge in [-0.05, 0) is 26.0 Å². The maximum absolute atomic E-state index is 6.08. The zero-order chi connectivity index (χ0) is 14.9. The molecule has 0 aliphatic rings. The Morgan fingerprint density at radius 1 is 1.35 bits per heavy atom. The molecule has 20 heavy (non-hydrogen) atoms. The topological polar surface area (TPSA) is 62.3 Å². The third kappa shape index (κ3) is 2.60. The molecule has 108 valence electrons. The molecule has 0 aliphatic carbocycles. The van der Waals surface area contributed by atoms with Crippen molar-refractivity contribution in [2.24, 2.45) is 7.05 Å². The lowest BCUT2D eigenvalue weighted by molar-refractivity contribution is 0.231. The monoisotopic (exact) mass is 339 g/mol. The predicted molar refractivity (Wildman–Crippen MR) is 83.1 cm³/mol. The maximum Gasteiger partial charge on any atom is 0.170 e. The van der Waals surface area contributed by atoms with Gasteiger partial charge in [-0.2, -0.15) is 5.10 Å². The Hall–Kier alpha value is -1.69. The highest BCUT2D eigenvalue weighted by molar-refractivity contribution is 9.10. The van der Waals surface area contributed by atoms with Crippen LogP contribution in [0.25, 0.3) is 11.1 Å². The number of nitrogen functional groups attached to an aromatic ring is 1. The largest absolute Gasteiger partial charge is 0.493 e. The van der Waals surface area contributed by atoms with Crippen molar-refractivity contribution in [3.8, 4) is 22.6 Å². The molecule has 6 heteroatoms. The molecule has 0 aliphatic heterocycles. The van der Waals surface area contributed by atoms with Crippen molar-refractivity contribution in [3.63, 3.8) is 0 Å². The summed E-state index contributed by atoms with van der Waals surface area (Å²) in [5, 5.41) is 4.18. The molecule has 2 aromatic rings. The first-order chi connectivity index (χ1) is 9.45. The summed E-state index contributed by atoms with van der Waals surface area (Å²) in [6, 6.07) is 3.77. The van der Waals surface area contributed by atoms with Crippen LogP contribution in [0.4, 0.5) is 5.82 Å². The van der Waals surface area contributed by atoms with Crippen LogP contribution < -0.4 is 15.2 Å². The number of aromatic nitrogens is 2. The second kappa shape index (κ2) is 5.75. The van der Waals surface area contributed by atoms with Gasteiger partial charge in [0.1, 0.15) is 5.82 Å². The first-order valence-electron chi connectivity index (χ1n) is 6.26. The van der Waals surface area contributed by atoms with E-state index in [0.717, 1.165) is 15.6 Å². The lowest BCUT2D eigenvalue weighted by atomic mass is 10.1. The summed E-state index contributed by atoms with van der Waals surface area (Å²) in [6.07, 6.45) is 1.75. The SMILES string of the molecule is COc1ccc(Br)c(-c2cnn(C)c2N)c1OC(C)C. The van der Waals surface area contributed by atoms with Gasteiger partial charge in [-0.25, -0.2) is 0 Å². The summed E-state index contributed by atoms with van der Waals surface area (Å²) in [7, 11) is 3.42. The van der Waals surface area contributed by atoms with E-state index in [1.807, 2.05) is 26.0 Å². The highest BCUT2D eigenvalue weighted by atomic mass is 79.9. The van der Waals surface area contributed by atoms with Crippen molar-refractivity contribution < 1.29 is 9.47 Å². The number of halogens is 1. The van der Waals surface area contributed by atoms with E-state index in [1.165, 1.54) is 0 Å². The lowest BCUT2D eigenvalue weighted by Crippen LogP contribution is -2.08. The zero-order valence-corrected chi connectivity index (χ0v) is 13.6. The van der Waals surface area contributed by atoms with Crippen LogP contribution in [0.3, 0.4) is 0 Å². The molecule has 0 amide bonds. The van der Waals surface area contributed by atoms with Crippen LogP contribution in [0.1, 0.15) is 13.8 Å². The standard InChI is InChI=1S/C14H18BrN3O2/c1-8(2)20-13-11(19-4)6-5-10(15)12(13)9-7-17-18(3)14(9)16/h5-8H,16H2,1-4H3. The van der Waals surface area contributed by atoms with Crippen molar-refractivity contribution in [2.75, 3.05) is 12.8 Å². The molecule has 0 saturated carbocycles. The van der Waals surface area contributed by atoms with Crippen molar-refractivity contribution >= 4 is 21.7 Å². The minimum Gasteiger partial charge on any atom is -0.493 e. The number of hydrogen-bond donors (Lipinski definition) is 1. The van der Waals surface area contributed by atoms with Crippen LogP contribution >= 0.6 is 15.9 Å². The van der Waals surface area contributed by atoms with Crippen molar-refractivity contribution in [2.45, 2.75) is 20.0 Å². The van der Waals surface area contributed by atoms with Gasteiger partial charge in [-0.1, -0.05) is 15.9 Å². The van der Waals surface area contributed by atoms with Crippen molar-refractivity contribution in [1.82, 2.24) is 9.78 Å². The highest BCUT2D eigenvalue weighted by Gasteiger charge is 2.21. The van der Waals surface area contributed by atoms with Crippen LogP contribution in [-0.4, -0.2) is 23.0 Å². The Balaban J connectivity index is 2.69. The smallest absolute Gasteiger partial charge is 0.170 e. The first-order valence-corrected chi connectivity index (χ1v) is 7.06. The molecule has 1 aromatic heterocycles. The van der Waals surface area contributed by atoms with Gasteiger partial charge in [-0.15, -0.1) is 0 Å². The molecule has 1 heterocycles. The van der Waals surface area contributed by atoms with Crippen LogP contribution in [-0.2, 0) is 7.05 Å². The number of benzene rings is 1. The molecule has 2 N–H and O–H groups in total. The number of rotatable bonds is 4. The summed E-state index contributed by atoms with van der Waals surface area (Å²) in [4.78, 5) is 0. The molecule has 1 aromatic carbocycles. The van der Waals surface area contributed by atoms with Gasteiger partial charge in [0.25, 0.3) is 0 Å². The van der Waals surface area contributed by atoms with Crippen LogP contribution in [0.2, 0.25) is 0 Å². The molecule has 0 radical (unpaired) electrons. The van der Waals surface area contributed by atoms with E-state index in [0.29, 0.717) is 17.3 Å². The Labute approximate surface area is 126 Å². The number of methoxy groups -OCH3 is 1. The van der Waals surface area contributed by atoms with E-state index in [9.17, 15) is 0 Å². The summed E-state index contributed by atoms with van der Waals surface area (Å²) >= 11 is 3.55. The van der Waals surface area contributed by atoms with Gasteiger partial charge in [0.15, 0.2) is 11.5 Å². The van der Waals surface area contributed by atoms with Crippen molar-refractivity contribution in [1.29, 1.82) is 0 Å². The molecule has 0 saturated heterocycles. The number of nitrogens with zero attached hydrogens (tertiary/aromatic N) is 2. The second-order valence-corrected chi connectivity index (χ2v) is 5.54. The van der Waals surface area contributed by atoms with Crippen LogP contribution in [0.5, 0.6) is 11.5 Å². The van der Waals surface area contributed by atoms with Crippen LogP contribution in [0.15, 0.2) is 22.8 Å². The molecular formula is C14H18BrN3O2. The van der Waals surface area contributed by atoms with Crippen molar-refractivity contribution in [3.05, 3.63) is 22.8 Å². The number of hydrogen-bond acceptors (Lipinski definition) is 4. The predicted octanol–water partition coefficient (Wildman–Crippen LogP) is 3.23. The molecule has 0 fully saturated rings. The molecule has 0 spiro atoms. The minimum absolute atomic E-state index is 0.0230. The fraction of sp³-hybridized carbons (Fsp3) is 0.357. The normalized spacial score (nSPS) is 10.9. The van der Waals surface area contributed by atoms with Gasteiger partial charge in [0.2, 0.25) is 0 Å². The number of nitrogens with two attached hydrogens (primary N) is 1. The van der Waals surface area contributed by atoms with E-state index >= 15 is 0 Å². The van der Waals surface area contributed by atoms with Gasteiger partial charge < -0.3 is 15.2 Å². The third-order valence-electron chi connectivity index (χ3n) is 2.90. The second-order valence-electron chi connectivity index (χ2n) is 4.69. The summed E-state index contributed by atoms with van der Waals surface area (Å²) in [5.41, 5.74) is 7.74. The molecule has 0 bridgehead atoms. The fourth-order valence-corrected chi connectivity index (χ4v) is 2.47. The fourth-order valence-electron chi connectivity index (χ4n) is 1.94. The molecule has 2 rings (SSSR count). The maximum atomic E-state index is 6.08. The Kier molecular flexibility index (Phi) is 4.23. The van der Waals surface area contributed by atoms with E-state index in [4.69, 9.17) is 15.2 Å². The zero-order valence-electron chi connectivity index (χ0n) is 12.0. The van der Waals surface area contributed by atoms with Gasteiger partial charge in [0, 0.05) is 22.6 Å². The third-order valence-corrected chi connectivity index (χ3v) is 3.56. The van der Waals surface area contributed by atoms with Gasteiger partial charge in [-0.3, -0.25) is 4.68 Å². The highest BCUT2D eigenvalue weighted by Crippen LogP contribution is 2.45. The number of ether oxygens (including phenoxy) is 2. The number of aryl methyl sites for hydroxylation is 1. The molecule has 0 atom stereocenters. The first kappa shape index (κ1) is 14.7.